The Bertz CT molecular complexity index is 1050. The largest absolute Gasteiger partial charge is 0.477 e. The van der Waals surface area contributed by atoms with Gasteiger partial charge in [0.2, 0.25) is 5.88 Å². The molecule has 0 aliphatic heterocycles. The van der Waals surface area contributed by atoms with Gasteiger partial charge in [-0.2, -0.15) is 0 Å². The van der Waals surface area contributed by atoms with Gasteiger partial charge in [0.15, 0.2) is 0 Å². The quantitative estimate of drug-likeness (QED) is 0.548. The van der Waals surface area contributed by atoms with Crippen LogP contribution in [0.3, 0.4) is 0 Å². The number of ether oxygens (including phenoxy) is 1. The van der Waals surface area contributed by atoms with Gasteiger partial charge in [-0.15, -0.1) is 0 Å². The summed E-state index contributed by atoms with van der Waals surface area (Å²) >= 11 is 6.30. The molecule has 6 nitrogen and oxygen atoms in total. The molecule has 0 saturated heterocycles. The molecular formula is C23H25ClN4O2. The van der Waals surface area contributed by atoms with Crippen LogP contribution in [0.25, 0.3) is 22.5 Å². The second kappa shape index (κ2) is 9.69. The van der Waals surface area contributed by atoms with Crippen LogP contribution < -0.4 is 10.5 Å². The molecule has 0 aliphatic carbocycles. The smallest absolute Gasteiger partial charge is 0.267 e. The van der Waals surface area contributed by atoms with Crippen molar-refractivity contribution in [3.63, 3.8) is 0 Å². The van der Waals surface area contributed by atoms with Crippen molar-refractivity contribution in [3.05, 3.63) is 64.8 Å². The molecule has 2 aromatic heterocycles. The Morgan fingerprint density at radius 2 is 1.83 bits per heavy atom. The van der Waals surface area contributed by atoms with Gasteiger partial charge in [-0.25, -0.2) is 9.97 Å². The maximum atomic E-state index is 11.7. The van der Waals surface area contributed by atoms with E-state index in [1.165, 1.54) is 0 Å². The second-order valence-corrected chi connectivity index (χ2v) is 7.67. The highest BCUT2D eigenvalue weighted by Crippen LogP contribution is 2.34. The number of amides is 1. The number of primary amides is 1. The number of carbonyl (C=O) groups is 1. The summed E-state index contributed by atoms with van der Waals surface area (Å²) in [4.78, 5) is 22.9. The van der Waals surface area contributed by atoms with E-state index in [0.717, 1.165) is 29.7 Å². The lowest BCUT2D eigenvalue weighted by molar-refractivity contribution is 0.0995. The number of nitrogens with two attached hydrogens (primary N) is 1. The van der Waals surface area contributed by atoms with E-state index in [1.807, 2.05) is 51.4 Å². The van der Waals surface area contributed by atoms with Crippen LogP contribution in [0.5, 0.6) is 5.88 Å². The molecule has 0 fully saturated rings. The molecule has 0 saturated carbocycles. The zero-order chi connectivity index (χ0) is 21.7. The van der Waals surface area contributed by atoms with Gasteiger partial charge in [-0.1, -0.05) is 35.9 Å². The highest BCUT2D eigenvalue weighted by Gasteiger charge is 2.17. The molecule has 1 aromatic carbocycles. The number of rotatable bonds is 8. The first-order valence-electron chi connectivity index (χ1n) is 9.68. The van der Waals surface area contributed by atoms with Crippen LogP contribution in [-0.4, -0.2) is 48.0 Å². The fourth-order valence-corrected chi connectivity index (χ4v) is 3.25. The molecule has 3 rings (SSSR count). The lowest BCUT2D eigenvalue weighted by atomic mass is 9.97. The van der Waals surface area contributed by atoms with Gasteiger partial charge < -0.3 is 15.4 Å². The Morgan fingerprint density at radius 1 is 1.07 bits per heavy atom. The first-order valence-corrected chi connectivity index (χ1v) is 10.1. The third-order valence-electron chi connectivity index (χ3n) is 4.63. The summed E-state index contributed by atoms with van der Waals surface area (Å²) in [5, 5.41) is 0.423. The average molecular weight is 425 g/mol. The molecule has 0 bridgehead atoms. The number of nitrogens with zero attached hydrogens (tertiary/aromatic N) is 3. The summed E-state index contributed by atoms with van der Waals surface area (Å²) in [5.41, 5.74) is 9.69. The van der Waals surface area contributed by atoms with Crippen LogP contribution in [0.4, 0.5) is 0 Å². The van der Waals surface area contributed by atoms with E-state index in [-0.39, 0.29) is 5.69 Å². The second-order valence-electron chi connectivity index (χ2n) is 7.26. The molecule has 1 amide bonds. The SMILES string of the molecule is Cc1ccccc1-c1ccc(C(N)=O)nc1-c1ccc(Cl)c(OCCCN(C)C)n1. The summed E-state index contributed by atoms with van der Waals surface area (Å²) in [5.74, 6) is -0.253. The van der Waals surface area contributed by atoms with E-state index in [1.54, 1.807) is 18.2 Å². The maximum Gasteiger partial charge on any atom is 0.267 e. The summed E-state index contributed by atoms with van der Waals surface area (Å²) < 4.78 is 5.81. The van der Waals surface area contributed by atoms with Gasteiger partial charge >= 0.3 is 0 Å². The Hall–Kier alpha value is -2.96. The van der Waals surface area contributed by atoms with Crippen molar-refractivity contribution in [2.45, 2.75) is 13.3 Å². The highest BCUT2D eigenvalue weighted by atomic mass is 35.5. The number of benzene rings is 1. The van der Waals surface area contributed by atoms with Crippen LogP contribution >= 0.6 is 11.6 Å². The lowest BCUT2D eigenvalue weighted by Crippen LogP contribution is -2.16. The third-order valence-corrected chi connectivity index (χ3v) is 4.92. The molecule has 2 N–H and O–H groups in total. The first kappa shape index (κ1) is 21.7. The van der Waals surface area contributed by atoms with Crippen molar-refractivity contribution < 1.29 is 9.53 Å². The summed E-state index contributed by atoms with van der Waals surface area (Å²) in [7, 11) is 4.02. The van der Waals surface area contributed by atoms with Gasteiger partial charge in [0.25, 0.3) is 5.91 Å². The molecule has 0 unspecified atom stereocenters. The molecule has 0 spiro atoms. The number of pyridine rings is 2. The van der Waals surface area contributed by atoms with Crippen molar-refractivity contribution in [2.75, 3.05) is 27.2 Å². The predicted molar refractivity (Wildman–Crippen MR) is 120 cm³/mol. The minimum atomic E-state index is -0.596. The van der Waals surface area contributed by atoms with Crippen molar-refractivity contribution >= 4 is 17.5 Å². The molecular weight excluding hydrogens is 400 g/mol. The Balaban J connectivity index is 2.03. The number of carbonyl (C=O) groups excluding carboxylic acids is 1. The Kier molecular flexibility index (Phi) is 7.03. The third kappa shape index (κ3) is 5.14. The monoisotopic (exact) mass is 424 g/mol. The minimum Gasteiger partial charge on any atom is -0.477 e. The van der Waals surface area contributed by atoms with Gasteiger partial charge in [-0.3, -0.25) is 4.79 Å². The molecule has 2 heterocycles. The van der Waals surface area contributed by atoms with Crippen LogP contribution in [-0.2, 0) is 0 Å². The van der Waals surface area contributed by atoms with Crippen LogP contribution in [0.15, 0.2) is 48.5 Å². The molecule has 30 heavy (non-hydrogen) atoms. The Labute approximate surface area is 181 Å². The molecule has 0 radical (unpaired) electrons. The van der Waals surface area contributed by atoms with Crippen LogP contribution in [0, 0.1) is 6.92 Å². The standard InChI is InChI=1S/C23H25ClN4O2/c1-15-7-4-5-8-16(15)17-9-11-20(22(25)29)26-21(17)19-12-10-18(24)23(27-19)30-14-6-13-28(2)3/h4-5,7-12H,6,13-14H2,1-3H3,(H2,25,29). The molecule has 7 heteroatoms. The number of aromatic nitrogens is 2. The van der Waals surface area contributed by atoms with Crippen molar-refractivity contribution in [1.29, 1.82) is 0 Å². The number of halogens is 1. The molecule has 3 aromatic rings. The van der Waals surface area contributed by atoms with E-state index in [2.05, 4.69) is 14.9 Å². The first-order chi connectivity index (χ1) is 14.4. The summed E-state index contributed by atoms with van der Waals surface area (Å²) in [6.07, 6.45) is 0.846. The topological polar surface area (TPSA) is 81.3 Å². The van der Waals surface area contributed by atoms with Gasteiger partial charge in [0.05, 0.1) is 18.0 Å². The highest BCUT2D eigenvalue weighted by molar-refractivity contribution is 6.31. The molecule has 156 valence electrons. The maximum absolute atomic E-state index is 11.7. The average Bonchev–Trinajstić information content (AvgIpc) is 2.72. The minimum absolute atomic E-state index is 0.174. The number of aryl methyl sites for hydroxylation is 1. The zero-order valence-corrected chi connectivity index (χ0v) is 18.1. The van der Waals surface area contributed by atoms with E-state index < -0.39 is 5.91 Å². The predicted octanol–water partition coefficient (Wildman–Crippen LogP) is 4.20. The van der Waals surface area contributed by atoms with Crippen molar-refractivity contribution in [3.8, 4) is 28.4 Å². The fourth-order valence-electron chi connectivity index (χ4n) is 3.09. The van der Waals surface area contributed by atoms with Crippen molar-refractivity contribution in [2.24, 2.45) is 5.73 Å². The normalized spacial score (nSPS) is 11.0. The fraction of sp³-hybridized carbons (Fsp3) is 0.261. The van der Waals surface area contributed by atoms with Gasteiger partial charge in [0, 0.05) is 12.1 Å². The van der Waals surface area contributed by atoms with E-state index in [4.69, 9.17) is 22.1 Å². The van der Waals surface area contributed by atoms with Gasteiger partial charge in [-0.05, 0) is 62.8 Å². The Morgan fingerprint density at radius 3 is 2.53 bits per heavy atom. The van der Waals surface area contributed by atoms with Crippen LogP contribution in [0.2, 0.25) is 5.02 Å². The van der Waals surface area contributed by atoms with Crippen LogP contribution in [0.1, 0.15) is 22.5 Å². The summed E-state index contributed by atoms with van der Waals surface area (Å²) in [6, 6.07) is 14.9. The van der Waals surface area contributed by atoms with Crippen molar-refractivity contribution in [1.82, 2.24) is 14.9 Å². The zero-order valence-electron chi connectivity index (χ0n) is 17.4. The van der Waals surface area contributed by atoms with E-state index >= 15 is 0 Å². The van der Waals surface area contributed by atoms with E-state index in [9.17, 15) is 4.79 Å². The van der Waals surface area contributed by atoms with E-state index in [0.29, 0.717) is 28.9 Å². The number of hydrogen-bond acceptors (Lipinski definition) is 5. The molecule has 0 atom stereocenters. The lowest BCUT2D eigenvalue weighted by Gasteiger charge is -2.14. The number of hydrogen-bond donors (Lipinski definition) is 1. The summed E-state index contributed by atoms with van der Waals surface area (Å²) in [6.45, 7) is 3.42. The van der Waals surface area contributed by atoms with Gasteiger partial charge in [0.1, 0.15) is 10.7 Å². The molecule has 0 aliphatic rings.